The molecular weight excluding hydrogens is 82.0 g/mol. The summed E-state index contributed by atoms with van der Waals surface area (Å²) in [5.74, 6) is 2.08. The summed E-state index contributed by atoms with van der Waals surface area (Å²) in [7, 11) is 0. The van der Waals surface area contributed by atoms with Crippen LogP contribution in [0.25, 0.3) is 0 Å². The zero-order chi connectivity index (χ0) is 3.41. The van der Waals surface area contributed by atoms with Crippen LogP contribution >= 0.6 is 0 Å². The van der Waals surface area contributed by atoms with Gasteiger partial charge in [-0.05, 0) is 0 Å². The van der Waals surface area contributed by atoms with E-state index >= 15 is 0 Å². The molecule has 0 rings (SSSR count). The molecule has 0 heterocycles. The second-order valence-corrected chi connectivity index (χ2v) is 2.83. The summed E-state index contributed by atoms with van der Waals surface area (Å²) in [6.45, 7) is 0. The van der Waals surface area contributed by atoms with Gasteiger partial charge in [-0.3, -0.25) is 0 Å². The Balaban J connectivity index is 1.97. The van der Waals surface area contributed by atoms with E-state index in [1.165, 1.54) is 0 Å². The standard InChI is InChI=1S/CH3.2Al.O.2H/h1H3;;;;;/q;;+1;;;. The van der Waals surface area contributed by atoms with E-state index < -0.39 is 0 Å². The van der Waals surface area contributed by atoms with Crippen molar-refractivity contribution in [2.24, 2.45) is 0 Å². The fourth-order valence-corrected chi connectivity index (χ4v) is 0. The predicted octanol–water partition coefficient (Wildman–Crippen LogP) is -0.782. The third kappa shape index (κ3) is 3.02. The molecule has 1 nitrogen and oxygen atoms in total. The van der Waals surface area contributed by atoms with Crippen LogP contribution in [0.1, 0.15) is 0 Å². The maximum atomic E-state index is 4.76. The molecule has 0 aromatic heterocycles. The maximum absolute atomic E-state index is 4.76. The van der Waals surface area contributed by atoms with E-state index in [0.29, 0.717) is 15.6 Å². The van der Waals surface area contributed by atoms with Gasteiger partial charge in [0.2, 0.25) is 0 Å². The van der Waals surface area contributed by atoms with E-state index in [1.807, 2.05) is 0 Å². The molecule has 3 heteroatoms. The van der Waals surface area contributed by atoms with Gasteiger partial charge in [0.15, 0.2) is 0 Å². The van der Waals surface area contributed by atoms with Crippen LogP contribution < -0.4 is 0 Å². The normalized spacial score (nSPS) is 5.25. The van der Waals surface area contributed by atoms with Gasteiger partial charge >= 0.3 is 40.8 Å². The number of hydrogen-bond donors (Lipinski definition) is 0. The Hall–Kier alpha value is 1.02. The zero-order valence-electron chi connectivity index (χ0n) is 2.99. The van der Waals surface area contributed by atoms with Crippen LogP contribution in [0.4, 0.5) is 0 Å². The van der Waals surface area contributed by atoms with Crippen molar-refractivity contribution in [2.75, 3.05) is 0 Å². The molecular formula is CH5Al2O+. The Bertz CT molecular complexity index is 8.00. The summed E-state index contributed by atoms with van der Waals surface area (Å²) < 4.78 is 4.76. The molecule has 0 saturated carbocycles. The molecule has 0 radical (unpaired) electrons. The van der Waals surface area contributed by atoms with Crippen LogP contribution in [-0.2, 0) is 2.84 Å². The van der Waals surface area contributed by atoms with E-state index in [1.54, 1.807) is 0 Å². The average Bonchev–Trinajstić information content (AvgIpc) is 1.37. The van der Waals surface area contributed by atoms with Crippen LogP contribution in [0.2, 0.25) is 5.79 Å². The predicted molar refractivity (Wildman–Crippen MR) is 21.2 cm³/mol. The van der Waals surface area contributed by atoms with E-state index in [2.05, 4.69) is 5.79 Å². The van der Waals surface area contributed by atoms with Gasteiger partial charge in [-0.1, -0.05) is 0 Å². The fraction of sp³-hybridized carbons (Fsp3) is 1.00. The van der Waals surface area contributed by atoms with Gasteiger partial charge < -0.3 is 0 Å². The molecule has 0 aliphatic heterocycles. The van der Waals surface area contributed by atoms with Gasteiger partial charge in [-0.25, -0.2) is 0 Å². The van der Waals surface area contributed by atoms with Crippen molar-refractivity contribution >= 4 is 32.2 Å². The number of hydrogen-bond acceptors (Lipinski definition) is 1. The van der Waals surface area contributed by atoms with Crippen molar-refractivity contribution in [2.45, 2.75) is 5.79 Å². The first kappa shape index (κ1) is 5.02. The van der Waals surface area contributed by atoms with E-state index in [9.17, 15) is 0 Å². The van der Waals surface area contributed by atoms with Crippen LogP contribution in [0.5, 0.6) is 0 Å². The van der Waals surface area contributed by atoms with Gasteiger partial charge in [-0.2, -0.15) is 0 Å². The summed E-state index contributed by atoms with van der Waals surface area (Å²) in [5, 5.41) is 0. The molecule has 0 fully saturated rings. The van der Waals surface area contributed by atoms with E-state index in [-0.39, 0.29) is 0 Å². The third-order valence-corrected chi connectivity index (χ3v) is 2.12. The SMILES string of the molecule is [CH3][Al+][O][AlH2]. The van der Waals surface area contributed by atoms with Crippen molar-refractivity contribution in [1.29, 1.82) is 0 Å². The second-order valence-electron chi connectivity index (χ2n) is 0.471. The molecule has 0 atom stereocenters. The van der Waals surface area contributed by atoms with Crippen molar-refractivity contribution in [1.82, 2.24) is 0 Å². The summed E-state index contributed by atoms with van der Waals surface area (Å²) in [5.41, 5.74) is 0. The Labute approximate surface area is 41.1 Å². The van der Waals surface area contributed by atoms with Gasteiger partial charge in [0, 0.05) is 0 Å². The summed E-state index contributed by atoms with van der Waals surface area (Å²) in [6, 6.07) is 0. The molecule has 0 amide bonds. The van der Waals surface area contributed by atoms with Crippen molar-refractivity contribution in [3.8, 4) is 0 Å². The molecule has 0 aliphatic carbocycles. The molecule has 20 valence electrons. The molecule has 0 bridgehead atoms. The molecule has 0 N–H and O–H groups in total. The van der Waals surface area contributed by atoms with Gasteiger partial charge in [0.1, 0.15) is 0 Å². The van der Waals surface area contributed by atoms with Crippen LogP contribution in [0, 0.1) is 0 Å². The topological polar surface area (TPSA) is 9.23 Å². The molecule has 4 heavy (non-hydrogen) atoms. The fourth-order valence-electron chi connectivity index (χ4n) is 0. The summed E-state index contributed by atoms with van der Waals surface area (Å²) in [4.78, 5) is 0. The first-order valence-electron chi connectivity index (χ1n) is 1.22. The Morgan fingerprint density at radius 1 is 2.00 bits per heavy atom. The first-order chi connectivity index (χ1) is 1.91. The summed E-state index contributed by atoms with van der Waals surface area (Å²) in [6.07, 6.45) is 0. The molecule has 0 spiro atoms. The van der Waals surface area contributed by atoms with Crippen molar-refractivity contribution in [3.05, 3.63) is 0 Å². The Morgan fingerprint density at radius 3 is 2.25 bits per heavy atom. The molecule has 0 aliphatic rings. The monoisotopic (exact) mass is 87.0 g/mol. The Morgan fingerprint density at radius 2 is 2.25 bits per heavy atom. The third-order valence-electron chi connectivity index (χ3n) is 0.236. The Kier molecular flexibility index (Phi) is 5.06. The molecule has 0 saturated heterocycles. The van der Waals surface area contributed by atoms with Crippen LogP contribution in [-0.4, -0.2) is 32.2 Å². The van der Waals surface area contributed by atoms with Crippen LogP contribution in [0.3, 0.4) is 0 Å². The van der Waals surface area contributed by atoms with Gasteiger partial charge in [0.25, 0.3) is 0 Å². The van der Waals surface area contributed by atoms with Gasteiger partial charge in [0.05, 0.1) is 0 Å². The average molecular weight is 87.0 g/mol. The molecule has 0 unspecified atom stereocenters. The zero-order valence-corrected chi connectivity index (χ0v) is 6.14. The second kappa shape index (κ2) is 4.02. The van der Waals surface area contributed by atoms with Crippen LogP contribution in [0.15, 0.2) is 0 Å². The number of rotatable bonds is 1. The van der Waals surface area contributed by atoms with E-state index in [0.717, 1.165) is 16.6 Å². The van der Waals surface area contributed by atoms with Crippen molar-refractivity contribution < 1.29 is 2.84 Å². The minimum absolute atomic E-state index is 0.344. The summed E-state index contributed by atoms with van der Waals surface area (Å²) >= 11 is 1.27. The molecule has 0 aromatic carbocycles. The minimum atomic E-state index is 0.344. The van der Waals surface area contributed by atoms with E-state index in [4.69, 9.17) is 2.84 Å². The molecule has 0 aromatic rings. The first-order valence-corrected chi connectivity index (χ1v) is 3.66. The van der Waals surface area contributed by atoms with Crippen molar-refractivity contribution in [3.63, 3.8) is 0 Å². The quantitative estimate of drug-likeness (QED) is 0.381. The van der Waals surface area contributed by atoms with Gasteiger partial charge in [-0.15, -0.1) is 0 Å².